The fourth-order valence-corrected chi connectivity index (χ4v) is 7.71. The molecule has 0 spiro atoms. The Labute approximate surface area is 326 Å². The van der Waals surface area contributed by atoms with E-state index in [1.165, 1.54) is 135 Å². The van der Waals surface area contributed by atoms with E-state index < -0.39 is 49.1 Å². The van der Waals surface area contributed by atoms with E-state index in [9.17, 15) is 24.9 Å². The number of nitrogens with one attached hydrogen (secondary N) is 1. The van der Waals surface area contributed by atoms with Crippen LogP contribution in [-0.4, -0.2) is 81.8 Å². The van der Waals surface area contributed by atoms with Crippen LogP contribution in [0.5, 0.6) is 0 Å². The average molecular weight is 754 g/mol. The van der Waals surface area contributed by atoms with Gasteiger partial charge in [-0.3, -0.25) is 9.59 Å². The minimum absolute atomic E-state index is 0.0845. The van der Waals surface area contributed by atoms with Gasteiger partial charge >= 0.3 is 0 Å². The smallest absolute Gasteiger partial charge is 0.237 e. The number of hydrogen-bond acceptors (Lipinski definition) is 7. The van der Waals surface area contributed by atoms with Crippen molar-refractivity contribution in [2.24, 2.45) is 11.7 Å². The molecule has 53 heavy (non-hydrogen) atoms. The highest BCUT2D eigenvalue weighted by Crippen LogP contribution is 2.26. The number of rotatable bonds is 35. The normalized spacial score (nSPS) is 20.9. The maximum Gasteiger partial charge on any atom is 0.237 e. The Morgan fingerprint density at radius 3 is 1.43 bits per heavy atom. The molecule has 9 heteroatoms. The maximum absolute atomic E-state index is 13.9. The van der Waals surface area contributed by atoms with Crippen LogP contribution in [-0.2, 0) is 14.3 Å². The molecule has 9 nitrogen and oxygen atoms in total. The zero-order chi connectivity index (χ0) is 39.1. The van der Waals surface area contributed by atoms with E-state index in [2.05, 4.69) is 19.2 Å². The number of amides is 2. The quantitative estimate of drug-likeness (QED) is 0.0406. The summed E-state index contributed by atoms with van der Waals surface area (Å²) in [5.41, 5.74) is 6.19. The number of nitrogens with two attached hydrogens (primary N) is 1. The second-order valence-electron chi connectivity index (χ2n) is 16.7. The molecule has 0 bridgehead atoms. The largest absolute Gasteiger partial charge is 0.394 e. The third-order valence-corrected chi connectivity index (χ3v) is 11.1. The van der Waals surface area contributed by atoms with Gasteiger partial charge in [0.1, 0.15) is 24.4 Å². The highest BCUT2D eigenvalue weighted by atomic mass is 16.5. The number of carbonyl (C=O) groups is 2. The number of unbranched alkanes of at least 4 members (excludes halogenated alkanes) is 25. The van der Waals surface area contributed by atoms with Gasteiger partial charge in [-0.1, -0.05) is 188 Å². The lowest BCUT2D eigenvalue weighted by molar-refractivity contribution is -0.231. The van der Waals surface area contributed by atoms with Gasteiger partial charge in [-0.2, -0.15) is 0 Å². The topological polar surface area (TPSA) is 145 Å². The van der Waals surface area contributed by atoms with Gasteiger partial charge in [0.2, 0.25) is 11.8 Å². The first-order valence-corrected chi connectivity index (χ1v) is 22.7. The van der Waals surface area contributed by atoms with Gasteiger partial charge in [-0.25, -0.2) is 0 Å². The number of hydrogen-bond donors (Lipinski definition) is 5. The van der Waals surface area contributed by atoms with Gasteiger partial charge in [0.05, 0.1) is 12.6 Å². The second-order valence-corrected chi connectivity index (χ2v) is 16.7. The molecule has 1 fully saturated rings. The standard InChI is InChI=1S/C44H87N3O6/c1-5-7-9-11-13-15-17-19-20-21-22-24-26-28-30-32-39(49)47(33-31-29-27-25-23-18-16-14-12-10-8-6-2)44-40(42(51)41(50)38(35-48)53-44)46-43(52)37(45)34-36(3)4/h36-38,40-42,44,48,50-51H,5-35,45H2,1-4H3,(H,46,52)/t37-,38+,40+,41+,42+,44+/m0/s1. The van der Waals surface area contributed by atoms with Crippen molar-refractivity contribution in [1.29, 1.82) is 0 Å². The Balaban J connectivity index is 2.70. The molecule has 1 heterocycles. The summed E-state index contributed by atoms with van der Waals surface area (Å²) in [6.45, 7) is 8.39. The molecule has 6 N–H and O–H groups in total. The van der Waals surface area contributed by atoms with Crippen LogP contribution in [0, 0.1) is 5.92 Å². The minimum Gasteiger partial charge on any atom is -0.394 e. The van der Waals surface area contributed by atoms with Gasteiger partial charge in [-0.05, 0) is 25.2 Å². The summed E-state index contributed by atoms with van der Waals surface area (Å²) in [6.07, 6.45) is 29.1. The lowest BCUT2D eigenvalue weighted by Crippen LogP contribution is -2.69. The molecule has 0 aromatic rings. The second kappa shape index (κ2) is 32.9. The fourth-order valence-electron chi connectivity index (χ4n) is 7.71. The zero-order valence-electron chi connectivity index (χ0n) is 35.1. The van der Waals surface area contributed by atoms with Crippen molar-refractivity contribution in [3.63, 3.8) is 0 Å². The number of aliphatic hydroxyl groups excluding tert-OH is 3. The molecule has 1 aliphatic rings. The summed E-state index contributed by atoms with van der Waals surface area (Å²) in [6, 6.07) is -1.86. The van der Waals surface area contributed by atoms with Crippen LogP contribution in [0.1, 0.15) is 214 Å². The molecule has 0 radical (unpaired) electrons. The lowest BCUT2D eigenvalue weighted by atomic mass is 9.94. The first kappa shape index (κ1) is 49.8. The van der Waals surface area contributed by atoms with E-state index >= 15 is 0 Å². The van der Waals surface area contributed by atoms with Crippen molar-refractivity contribution >= 4 is 11.8 Å². The lowest BCUT2D eigenvalue weighted by Gasteiger charge is -2.47. The van der Waals surface area contributed by atoms with E-state index in [1.54, 1.807) is 4.90 Å². The maximum atomic E-state index is 13.9. The SMILES string of the molecule is CCCCCCCCCCCCCCCCCC(=O)N(CCCCCCCCCCCCCC)[C@@H]1O[C@H](CO)[C@@H](O)[C@H](O)[C@H]1NC(=O)[C@@H](N)CC(C)C. The summed E-state index contributed by atoms with van der Waals surface area (Å²) >= 11 is 0. The zero-order valence-corrected chi connectivity index (χ0v) is 35.1. The third-order valence-electron chi connectivity index (χ3n) is 11.1. The van der Waals surface area contributed by atoms with Crippen LogP contribution in [0.2, 0.25) is 0 Å². The summed E-state index contributed by atoms with van der Waals surface area (Å²) in [4.78, 5) is 28.7. The van der Waals surface area contributed by atoms with Gasteiger partial charge in [0, 0.05) is 13.0 Å². The Morgan fingerprint density at radius 1 is 0.642 bits per heavy atom. The van der Waals surface area contributed by atoms with Crippen molar-refractivity contribution in [3.8, 4) is 0 Å². The van der Waals surface area contributed by atoms with Crippen molar-refractivity contribution in [2.75, 3.05) is 13.2 Å². The van der Waals surface area contributed by atoms with Gasteiger partial charge in [-0.15, -0.1) is 0 Å². The van der Waals surface area contributed by atoms with Gasteiger partial charge < -0.3 is 36.0 Å². The van der Waals surface area contributed by atoms with Crippen molar-refractivity contribution in [3.05, 3.63) is 0 Å². The monoisotopic (exact) mass is 754 g/mol. The summed E-state index contributed by atoms with van der Waals surface area (Å²) < 4.78 is 6.15. The number of carbonyl (C=O) groups excluding carboxylic acids is 2. The highest BCUT2D eigenvalue weighted by molar-refractivity contribution is 5.82. The molecule has 0 aliphatic carbocycles. The summed E-state index contributed by atoms with van der Waals surface area (Å²) in [7, 11) is 0. The minimum atomic E-state index is -1.43. The summed E-state index contributed by atoms with van der Waals surface area (Å²) in [5, 5.41) is 34.8. The first-order chi connectivity index (χ1) is 25.7. The molecule has 0 aromatic heterocycles. The van der Waals surface area contributed by atoms with Crippen molar-refractivity contribution < 1.29 is 29.6 Å². The summed E-state index contributed by atoms with van der Waals surface area (Å²) in [5.74, 6) is -0.341. The van der Waals surface area contributed by atoms with Gasteiger partial charge in [0.15, 0.2) is 6.23 Å². The predicted molar refractivity (Wildman–Crippen MR) is 219 cm³/mol. The van der Waals surface area contributed by atoms with Crippen LogP contribution in [0.3, 0.4) is 0 Å². The van der Waals surface area contributed by atoms with Crippen molar-refractivity contribution in [1.82, 2.24) is 10.2 Å². The molecule has 0 aromatic carbocycles. The number of nitrogens with zero attached hydrogens (tertiary/aromatic N) is 1. The van der Waals surface area contributed by atoms with E-state index in [1.807, 2.05) is 13.8 Å². The molecule has 1 rings (SSSR count). The number of ether oxygens (including phenoxy) is 1. The van der Waals surface area contributed by atoms with Crippen LogP contribution in [0.25, 0.3) is 0 Å². The predicted octanol–water partition coefficient (Wildman–Crippen LogP) is 9.07. The molecule has 0 unspecified atom stereocenters. The van der Waals surface area contributed by atoms with E-state index in [-0.39, 0.29) is 11.8 Å². The van der Waals surface area contributed by atoms with E-state index in [4.69, 9.17) is 10.5 Å². The van der Waals surface area contributed by atoms with Crippen LogP contribution < -0.4 is 11.1 Å². The Hall–Kier alpha value is -1.26. The Bertz CT molecular complexity index is 876. The third kappa shape index (κ3) is 23.4. The van der Waals surface area contributed by atoms with Crippen LogP contribution in [0.15, 0.2) is 0 Å². The molecule has 314 valence electrons. The van der Waals surface area contributed by atoms with E-state index in [0.717, 1.165) is 38.5 Å². The first-order valence-electron chi connectivity index (χ1n) is 22.7. The fraction of sp³-hybridized carbons (Fsp3) is 0.955. The highest BCUT2D eigenvalue weighted by Gasteiger charge is 2.48. The molecular weight excluding hydrogens is 666 g/mol. The Morgan fingerprint density at radius 2 is 1.04 bits per heavy atom. The molecule has 2 amide bonds. The van der Waals surface area contributed by atoms with E-state index in [0.29, 0.717) is 19.4 Å². The molecule has 0 saturated carbocycles. The molecule has 6 atom stereocenters. The molecular formula is C44H87N3O6. The average Bonchev–Trinajstić information content (AvgIpc) is 3.13. The number of aliphatic hydroxyl groups is 3. The van der Waals surface area contributed by atoms with Crippen LogP contribution >= 0.6 is 0 Å². The van der Waals surface area contributed by atoms with Crippen molar-refractivity contribution in [2.45, 2.75) is 251 Å². The molecule has 1 saturated heterocycles. The van der Waals surface area contributed by atoms with Crippen LogP contribution in [0.4, 0.5) is 0 Å². The van der Waals surface area contributed by atoms with Gasteiger partial charge in [0.25, 0.3) is 0 Å². The Kier molecular flexibility index (Phi) is 30.9. The molecule has 1 aliphatic heterocycles.